The van der Waals surface area contributed by atoms with Crippen LogP contribution in [0.5, 0.6) is 0 Å². The molecule has 0 atom stereocenters. The lowest BCUT2D eigenvalue weighted by atomic mass is 9.84. The standard InChI is InChI=1S/C13H19BFNO3/c1-12(2)13(3,4)19-14(18-12)10-7-6-9(8-17-5)11(15)16-10/h6-7H,8H2,1-5H3. The summed E-state index contributed by atoms with van der Waals surface area (Å²) in [5.74, 6) is -0.547. The van der Waals surface area contributed by atoms with E-state index in [-0.39, 0.29) is 6.61 Å². The number of halogens is 1. The number of methoxy groups -OCH3 is 1. The summed E-state index contributed by atoms with van der Waals surface area (Å²) in [4.78, 5) is 3.91. The molecule has 1 aliphatic rings. The molecule has 1 aromatic rings. The second kappa shape index (κ2) is 4.85. The van der Waals surface area contributed by atoms with Crippen LogP contribution in [-0.4, -0.2) is 30.4 Å². The van der Waals surface area contributed by atoms with E-state index in [0.29, 0.717) is 11.2 Å². The molecule has 0 amide bonds. The normalized spacial score (nSPS) is 20.8. The zero-order valence-electron chi connectivity index (χ0n) is 12.0. The van der Waals surface area contributed by atoms with Gasteiger partial charge in [0.1, 0.15) is 0 Å². The van der Waals surface area contributed by atoms with E-state index in [2.05, 4.69) is 4.98 Å². The molecule has 6 heteroatoms. The molecular formula is C13H19BFNO3. The van der Waals surface area contributed by atoms with Crippen molar-refractivity contribution in [2.45, 2.75) is 45.5 Å². The minimum Gasteiger partial charge on any atom is -0.398 e. The topological polar surface area (TPSA) is 40.6 Å². The molecule has 4 nitrogen and oxygen atoms in total. The summed E-state index contributed by atoms with van der Waals surface area (Å²) in [6.45, 7) is 7.99. The molecular weight excluding hydrogens is 248 g/mol. The van der Waals surface area contributed by atoms with Crippen LogP contribution in [0, 0.1) is 5.95 Å². The summed E-state index contributed by atoms with van der Waals surface area (Å²) >= 11 is 0. The minimum absolute atomic E-state index is 0.197. The average molecular weight is 267 g/mol. The van der Waals surface area contributed by atoms with Crippen molar-refractivity contribution < 1.29 is 18.4 Å². The van der Waals surface area contributed by atoms with Crippen LogP contribution < -0.4 is 5.59 Å². The zero-order chi connectivity index (χ0) is 14.3. The molecule has 0 aromatic carbocycles. The van der Waals surface area contributed by atoms with Gasteiger partial charge in [0.15, 0.2) is 0 Å². The number of rotatable bonds is 3. The predicted molar refractivity (Wildman–Crippen MR) is 70.6 cm³/mol. The van der Waals surface area contributed by atoms with Crippen LogP contribution in [0.1, 0.15) is 33.3 Å². The van der Waals surface area contributed by atoms with Gasteiger partial charge in [-0.05, 0) is 33.8 Å². The van der Waals surface area contributed by atoms with Gasteiger partial charge >= 0.3 is 7.12 Å². The van der Waals surface area contributed by atoms with E-state index in [0.717, 1.165) is 0 Å². The predicted octanol–water partition coefficient (Wildman–Crippen LogP) is 1.67. The second-order valence-electron chi connectivity index (χ2n) is 5.71. The third kappa shape index (κ3) is 2.66. The highest BCUT2D eigenvalue weighted by Gasteiger charge is 2.52. The third-order valence-electron chi connectivity index (χ3n) is 3.74. The number of ether oxygens (including phenoxy) is 1. The average Bonchev–Trinajstić information content (AvgIpc) is 2.51. The number of aromatic nitrogens is 1. The SMILES string of the molecule is COCc1ccc(B2OC(C)(C)C(C)(C)O2)nc1F. The summed E-state index contributed by atoms with van der Waals surface area (Å²) in [5, 5.41) is 0. The number of nitrogens with zero attached hydrogens (tertiary/aromatic N) is 1. The molecule has 0 bridgehead atoms. The van der Waals surface area contributed by atoms with Crippen molar-refractivity contribution in [3.05, 3.63) is 23.6 Å². The monoisotopic (exact) mass is 267 g/mol. The minimum atomic E-state index is -0.643. The van der Waals surface area contributed by atoms with E-state index in [1.165, 1.54) is 7.11 Å². The fourth-order valence-corrected chi connectivity index (χ4v) is 1.84. The molecule has 0 unspecified atom stereocenters. The Morgan fingerprint density at radius 2 is 1.79 bits per heavy atom. The second-order valence-corrected chi connectivity index (χ2v) is 5.71. The van der Waals surface area contributed by atoms with Crippen LogP contribution in [0.15, 0.2) is 12.1 Å². The van der Waals surface area contributed by atoms with Gasteiger partial charge in [-0.25, -0.2) is 4.98 Å². The molecule has 0 spiro atoms. The van der Waals surface area contributed by atoms with Crippen molar-refractivity contribution in [3.8, 4) is 0 Å². The van der Waals surface area contributed by atoms with Crippen LogP contribution in [0.4, 0.5) is 4.39 Å². The largest absolute Gasteiger partial charge is 0.514 e. The smallest absolute Gasteiger partial charge is 0.398 e. The van der Waals surface area contributed by atoms with E-state index in [9.17, 15) is 4.39 Å². The van der Waals surface area contributed by atoms with E-state index in [1.807, 2.05) is 27.7 Å². The van der Waals surface area contributed by atoms with E-state index >= 15 is 0 Å². The molecule has 0 saturated carbocycles. The molecule has 104 valence electrons. The molecule has 0 N–H and O–H groups in total. The Hall–Kier alpha value is -0.975. The number of hydrogen-bond donors (Lipinski definition) is 0. The van der Waals surface area contributed by atoms with E-state index < -0.39 is 24.3 Å². The molecule has 0 radical (unpaired) electrons. The lowest BCUT2D eigenvalue weighted by molar-refractivity contribution is 0.00578. The third-order valence-corrected chi connectivity index (χ3v) is 3.74. The molecule has 1 aliphatic heterocycles. The first-order valence-corrected chi connectivity index (χ1v) is 6.27. The lowest BCUT2D eigenvalue weighted by Crippen LogP contribution is -2.41. The fourth-order valence-electron chi connectivity index (χ4n) is 1.84. The molecule has 2 heterocycles. The van der Waals surface area contributed by atoms with E-state index in [1.54, 1.807) is 12.1 Å². The quantitative estimate of drug-likeness (QED) is 0.617. The maximum atomic E-state index is 13.8. The molecule has 1 saturated heterocycles. The Kier molecular flexibility index (Phi) is 3.68. The molecule has 19 heavy (non-hydrogen) atoms. The van der Waals surface area contributed by atoms with Crippen molar-refractivity contribution >= 4 is 12.7 Å². The van der Waals surface area contributed by atoms with Gasteiger partial charge < -0.3 is 14.0 Å². The van der Waals surface area contributed by atoms with Gasteiger partial charge in [0.05, 0.1) is 23.4 Å². The van der Waals surface area contributed by atoms with Crippen molar-refractivity contribution in [1.82, 2.24) is 4.98 Å². The Labute approximate surface area is 113 Å². The maximum absolute atomic E-state index is 13.8. The highest BCUT2D eigenvalue weighted by atomic mass is 19.1. The van der Waals surface area contributed by atoms with Crippen LogP contribution in [0.2, 0.25) is 0 Å². The summed E-state index contributed by atoms with van der Waals surface area (Å²) in [7, 11) is 0.873. The van der Waals surface area contributed by atoms with Crippen LogP contribution in [-0.2, 0) is 20.7 Å². The Balaban J connectivity index is 2.23. The number of hydrogen-bond acceptors (Lipinski definition) is 4. The Morgan fingerprint density at radius 1 is 1.21 bits per heavy atom. The molecule has 0 aliphatic carbocycles. The first-order valence-electron chi connectivity index (χ1n) is 6.27. The van der Waals surface area contributed by atoms with Gasteiger partial charge in [-0.2, -0.15) is 4.39 Å². The first kappa shape index (κ1) is 14.4. The number of pyridine rings is 1. The highest BCUT2D eigenvalue weighted by molar-refractivity contribution is 6.61. The van der Waals surface area contributed by atoms with Gasteiger partial charge in [-0.15, -0.1) is 0 Å². The summed E-state index contributed by atoms with van der Waals surface area (Å²) in [6.07, 6.45) is 0. The zero-order valence-corrected chi connectivity index (χ0v) is 12.0. The summed E-state index contributed by atoms with van der Waals surface area (Å²) in [6, 6.07) is 3.35. The summed E-state index contributed by atoms with van der Waals surface area (Å²) < 4.78 is 30.3. The molecule has 1 fully saturated rings. The van der Waals surface area contributed by atoms with Crippen molar-refractivity contribution in [2.24, 2.45) is 0 Å². The van der Waals surface area contributed by atoms with Gasteiger partial charge in [0, 0.05) is 12.7 Å². The first-order chi connectivity index (χ1) is 8.77. The van der Waals surface area contributed by atoms with E-state index in [4.69, 9.17) is 14.0 Å². The van der Waals surface area contributed by atoms with Crippen molar-refractivity contribution in [2.75, 3.05) is 7.11 Å². The summed E-state index contributed by atoms with van der Waals surface area (Å²) in [5.41, 5.74) is -0.0547. The Bertz CT molecular complexity index is 463. The van der Waals surface area contributed by atoms with Crippen molar-refractivity contribution in [1.29, 1.82) is 0 Å². The van der Waals surface area contributed by atoms with Crippen molar-refractivity contribution in [3.63, 3.8) is 0 Å². The van der Waals surface area contributed by atoms with Crippen LogP contribution >= 0.6 is 0 Å². The van der Waals surface area contributed by atoms with Crippen LogP contribution in [0.25, 0.3) is 0 Å². The van der Waals surface area contributed by atoms with Gasteiger partial charge in [0.2, 0.25) is 5.95 Å². The molecule has 1 aromatic heterocycles. The van der Waals surface area contributed by atoms with Gasteiger partial charge in [-0.1, -0.05) is 6.07 Å². The van der Waals surface area contributed by atoms with Gasteiger partial charge in [0.25, 0.3) is 0 Å². The highest BCUT2D eigenvalue weighted by Crippen LogP contribution is 2.36. The van der Waals surface area contributed by atoms with Crippen LogP contribution in [0.3, 0.4) is 0 Å². The molecule has 2 rings (SSSR count). The fraction of sp³-hybridized carbons (Fsp3) is 0.615. The Morgan fingerprint density at radius 3 is 2.26 bits per heavy atom. The van der Waals surface area contributed by atoms with Gasteiger partial charge in [-0.3, -0.25) is 0 Å². The maximum Gasteiger partial charge on any atom is 0.514 e. The lowest BCUT2D eigenvalue weighted by Gasteiger charge is -2.32.